The number of aryl methyl sites for hydroxylation is 1. The molecule has 1 amide bonds. The van der Waals surface area contributed by atoms with Crippen molar-refractivity contribution < 1.29 is 13.9 Å². The topological polar surface area (TPSA) is 45.9 Å². The molecule has 5 heteroatoms. The summed E-state index contributed by atoms with van der Waals surface area (Å²) in [6, 6.07) is 1.75. The van der Waals surface area contributed by atoms with Crippen molar-refractivity contribution in [2.24, 2.45) is 0 Å². The largest absolute Gasteiger partial charge is 0.469 e. The minimum Gasteiger partial charge on any atom is -0.469 e. The number of rotatable bonds is 6. The number of amides is 1. The van der Waals surface area contributed by atoms with Crippen molar-refractivity contribution in [3.05, 3.63) is 23.7 Å². The van der Waals surface area contributed by atoms with Gasteiger partial charge < -0.3 is 19.0 Å². The van der Waals surface area contributed by atoms with E-state index >= 15 is 0 Å². The molecule has 1 aromatic rings. The number of carbonyl (C=O) groups is 1. The van der Waals surface area contributed by atoms with Crippen LogP contribution in [0.2, 0.25) is 0 Å². The fourth-order valence-electron chi connectivity index (χ4n) is 2.41. The molecule has 0 saturated carbocycles. The molecule has 1 aliphatic rings. The van der Waals surface area contributed by atoms with Crippen LogP contribution in [0.5, 0.6) is 0 Å². The lowest BCUT2D eigenvalue weighted by atomic mass is 10.2. The van der Waals surface area contributed by atoms with Gasteiger partial charge in [0.15, 0.2) is 0 Å². The van der Waals surface area contributed by atoms with Crippen molar-refractivity contribution >= 4 is 5.91 Å². The Bertz CT molecular complexity index is 436. The average Bonchev–Trinajstić information content (AvgIpc) is 3.04. The molecule has 2 heterocycles. The summed E-state index contributed by atoms with van der Waals surface area (Å²) in [4.78, 5) is 16.6. The van der Waals surface area contributed by atoms with Crippen LogP contribution in [0.1, 0.15) is 29.0 Å². The number of hydrogen-bond donors (Lipinski definition) is 0. The van der Waals surface area contributed by atoms with Crippen LogP contribution in [0, 0.1) is 6.92 Å². The van der Waals surface area contributed by atoms with Gasteiger partial charge >= 0.3 is 0 Å². The monoisotopic (exact) mass is 280 g/mol. The molecule has 0 N–H and O–H groups in total. The lowest BCUT2D eigenvalue weighted by molar-refractivity contribution is 0.0511. The van der Waals surface area contributed by atoms with E-state index in [1.807, 2.05) is 25.9 Å². The van der Waals surface area contributed by atoms with Crippen LogP contribution in [0.25, 0.3) is 0 Å². The highest BCUT2D eigenvalue weighted by molar-refractivity contribution is 5.95. The molecule has 0 unspecified atom stereocenters. The average molecular weight is 280 g/mol. The second-order valence-electron chi connectivity index (χ2n) is 5.58. The van der Waals surface area contributed by atoms with Crippen LogP contribution >= 0.6 is 0 Å². The van der Waals surface area contributed by atoms with Gasteiger partial charge in [-0.1, -0.05) is 0 Å². The maximum absolute atomic E-state index is 12.6. The molecule has 0 aliphatic carbocycles. The van der Waals surface area contributed by atoms with Crippen LogP contribution in [0.15, 0.2) is 16.7 Å². The molecule has 0 aromatic carbocycles. The molecule has 0 bridgehead atoms. The van der Waals surface area contributed by atoms with Crippen LogP contribution < -0.4 is 0 Å². The van der Waals surface area contributed by atoms with Crippen LogP contribution in [-0.4, -0.2) is 62.1 Å². The highest BCUT2D eigenvalue weighted by Crippen LogP contribution is 2.17. The second kappa shape index (κ2) is 6.90. The van der Waals surface area contributed by atoms with Gasteiger partial charge in [0.1, 0.15) is 5.76 Å². The van der Waals surface area contributed by atoms with Crippen molar-refractivity contribution in [2.75, 3.05) is 40.3 Å². The standard InChI is InChI=1S/C15H24N2O3/c1-12-14(6-10-19-12)15(18)17(8-7-16(2)3)11-13-5-4-9-20-13/h6,10,13H,4-5,7-9,11H2,1-3H3/t13-/m0/s1. The molecule has 1 aromatic heterocycles. The zero-order chi connectivity index (χ0) is 14.5. The molecule has 112 valence electrons. The smallest absolute Gasteiger partial charge is 0.257 e. The first kappa shape index (κ1) is 15.1. The van der Waals surface area contributed by atoms with Gasteiger partial charge in [-0.05, 0) is 39.9 Å². The molecule has 1 saturated heterocycles. The van der Waals surface area contributed by atoms with E-state index in [4.69, 9.17) is 9.15 Å². The SMILES string of the molecule is Cc1occc1C(=O)N(CCN(C)C)C[C@@H]1CCCO1. The van der Waals surface area contributed by atoms with Gasteiger partial charge in [-0.25, -0.2) is 0 Å². The Balaban J connectivity index is 2.04. The molecular formula is C15H24N2O3. The Morgan fingerprint density at radius 1 is 1.40 bits per heavy atom. The summed E-state index contributed by atoms with van der Waals surface area (Å²) >= 11 is 0. The molecule has 1 fully saturated rings. The summed E-state index contributed by atoms with van der Waals surface area (Å²) in [6.45, 7) is 4.84. The number of carbonyl (C=O) groups excluding carboxylic acids is 1. The highest BCUT2D eigenvalue weighted by Gasteiger charge is 2.25. The number of furan rings is 1. The van der Waals surface area contributed by atoms with E-state index in [-0.39, 0.29) is 12.0 Å². The Hall–Kier alpha value is -1.33. The van der Waals surface area contributed by atoms with Crippen LogP contribution in [0.4, 0.5) is 0 Å². The normalized spacial score (nSPS) is 18.7. The highest BCUT2D eigenvalue weighted by atomic mass is 16.5. The zero-order valence-corrected chi connectivity index (χ0v) is 12.6. The maximum Gasteiger partial charge on any atom is 0.257 e. The van der Waals surface area contributed by atoms with E-state index in [1.165, 1.54) is 0 Å². The Kier molecular flexibility index (Phi) is 5.20. The summed E-state index contributed by atoms with van der Waals surface area (Å²) in [5.74, 6) is 0.714. The Morgan fingerprint density at radius 3 is 2.75 bits per heavy atom. The van der Waals surface area contributed by atoms with E-state index in [2.05, 4.69) is 4.90 Å². The minimum absolute atomic E-state index is 0.0357. The van der Waals surface area contributed by atoms with Gasteiger partial charge in [-0.3, -0.25) is 4.79 Å². The van der Waals surface area contributed by atoms with E-state index in [0.717, 1.165) is 26.0 Å². The second-order valence-corrected chi connectivity index (χ2v) is 5.58. The number of ether oxygens (including phenoxy) is 1. The fraction of sp³-hybridized carbons (Fsp3) is 0.667. The maximum atomic E-state index is 12.6. The van der Waals surface area contributed by atoms with Crippen molar-refractivity contribution in [2.45, 2.75) is 25.9 Å². The van der Waals surface area contributed by atoms with Crippen molar-refractivity contribution in [1.82, 2.24) is 9.80 Å². The number of hydrogen-bond acceptors (Lipinski definition) is 4. The van der Waals surface area contributed by atoms with Gasteiger partial charge in [-0.15, -0.1) is 0 Å². The van der Waals surface area contributed by atoms with Crippen molar-refractivity contribution in [1.29, 1.82) is 0 Å². The van der Waals surface area contributed by atoms with E-state index in [9.17, 15) is 4.79 Å². The number of likely N-dealkylation sites (N-methyl/N-ethyl adjacent to an activating group) is 1. The molecule has 2 rings (SSSR count). The Morgan fingerprint density at radius 2 is 2.20 bits per heavy atom. The van der Waals surface area contributed by atoms with Gasteiger partial charge in [-0.2, -0.15) is 0 Å². The first-order chi connectivity index (χ1) is 9.58. The van der Waals surface area contributed by atoms with Gasteiger partial charge in [0, 0.05) is 26.2 Å². The molecule has 0 spiro atoms. The van der Waals surface area contributed by atoms with Gasteiger partial charge in [0.25, 0.3) is 5.91 Å². The summed E-state index contributed by atoms with van der Waals surface area (Å²) in [5, 5.41) is 0. The van der Waals surface area contributed by atoms with E-state index in [0.29, 0.717) is 24.4 Å². The zero-order valence-electron chi connectivity index (χ0n) is 12.6. The van der Waals surface area contributed by atoms with E-state index < -0.39 is 0 Å². The molecule has 0 radical (unpaired) electrons. The summed E-state index contributed by atoms with van der Waals surface area (Å²) in [5.41, 5.74) is 0.654. The van der Waals surface area contributed by atoms with Crippen molar-refractivity contribution in [3.8, 4) is 0 Å². The molecule has 1 atom stereocenters. The predicted molar refractivity (Wildman–Crippen MR) is 76.9 cm³/mol. The molecule has 20 heavy (non-hydrogen) atoms. The summed E-state index contributed by atoms with van der Waals surface area (Å²) in [6.07, 6.45) is 3.87. The first-order valence-corrected chi connectivity index (χ1v) is 7.17. The quantitative estimate of drug-likeness (QED) is 0.797. The van der Waals surface area contributed by atoms with Gasteiger partial charge in [0.2, 0.25) is 0 Å². The first-order valence-electron chi connectivity index (χ1n) is 7.17. The lowest BCUT2D eigenvalue weighted by Crippen LogP contribution is -2.41. The summed E-state index contributed by atoms with van der Waals surface area (Å²) < 4.78 is 10.9. The minimum atomic E-state index is 0.0357. The molecule has 1 aliphatic heterocycles. The van der Waals surface area contributed by atoms with Gasteiger partial charge in [0.05, 0.1) is 17.9 Å². The third-order valence-corrected chi connectivity index (χ3v) is 3.64. The lowest BCUT2D eigenvalue weighted by Gasteiger charge is -2.26. The fourth-order valence-corrected chi connectivity index (χ4v) is 2.41. The summed E-state index contributed by atoms with van der Waals surface area (Å²) in [7, 11) is 4.02. The Labute approximate surface area is 120 Å². The molecule has 5 nitrogen and oxygen atoms in total. The van der Waals surface area contributed by atoms with Crippen LogP contribution in [0.3, 0.4) is 0 Å². The third kappa shape index (κ3) is 3.84. The predicted octanol–water partition coefficient (Wildman–Crippen LogP) is 1.77. The van der Waals surface area contributed by atoms with Crippen LogP contribution in [-0.2, 0) is 4.74 Å². The van der Waals surface area contributed by atoms with Crippen molar-refractivity contribution in [3.63, 3.8) is 0 Å². The van der Waals surface area contributed by atoms with E-state index in [1.54, 1.807) is 12.3 Å². The third-order valence-electron chi connectivity index (χ3n) is 3.64. The number of nitrogens with zero attached hydrogens (tertiary/aromatic N) is 2. The molecular weight excluding hydrogens is 256 g/mol.